The molecule has 2 N–H and O–H groups in total. The fourth-order valence-corrected chi connectivity index (χ4v) is 2.40. The van der Waals surface area contributed by atoms with Crippen molar-refractivity contribution in [3.05, 3.63) is 11.6 Å². The Labute approximate surface area is 97.2 Å². The monoisotopic (exact) mass is 222 g/mol. The molecule has 1 aliphatic rings. The van der Waals surface area contributed by atoms with Crippen LogP contribution < -0.4 is 5.73 Å². The summed E-state index contributed by atoms with van der Waals surface area (Å²) >= 11 is 0. The van der Waals surface area contributed by atoms with Crippen LogP contribution in [0.5, 0.6) is 0 Å². The summed E-state index contributed by atoms with van der Waals surface area (Å²) in [6, 6.07) is 0.0411. The molecule has 4 nitrogen and oxygen atoms in total. The summed E-state index contributed by atoms with van der Waals surface area (Å²) < 4.78 is 2.25. The largest absolute Gasteiger partial charge is 0.321 e. The van der Waals surface area contributed by atoms with Crippen molar-refractivity contribution in [3.63, 3.8) is 0 Å². The topological polar surface area (TPSA) is 56.7 Å². The number of hydrogen-bond acceptors (Lipinski definition) is 3. The van der Waals surface area contributed by atoms with E-state index in [1.54, 1.807) is 0 Å². The highest BCUT2D eigenvalue weighted by Crippen LogP contribution is 2.21. The van der Waals surface area contributed by atoms with Gasteiger partial charge in [0.15, 0.2) is 0 Å². The fraction of sp³-hybridized carbons (Fsp3) is 0.833. The average molecular weight is 222 g/mol. The van der Waals surface area contributed by atoms with Crippen molar-refractivity contribution in [2.45, 2.75) is 58.5 Å². The van der Waals surface area contributed by atoms with Crippen LogP contribution in [0.2, 0.25) is 0 Å². The van der Waals surface area contributed by atoms with Gasteiger partial charge in [0.1, 0.15) is 11.6 Å². The molecule has 0 spiro atoms. The van der Waals surface area contributed by atoms with Crippen LogP contribution in [0.25, 0.3) is 0 Å². The van der Waals surface area contributed by atoms with E-state index in [9.17, 15) is 0 Å². The van der Waals surface area contributed by atoms with E-state index in [0.717, 1.165) is 31.0 Å². The molecule has 0 bridgehead atoms. The van der Waals surface area contributed by atoms with Gasteiger partial charge in [-0.15, -0.1) is 10.2 Å². The highest BCUT2D eigenvalue weighted by Gasteiger charge is 2.19. The van der Waals surface area contributed by atoms with Gasteiger partial charge in [0.25, 0.3) is 0 Å². The third-order valence-electron chi connectivity index (χ3n) is 3.20. The van der Waals surface area contributed by atoms with Crippen LogP contribution in [0.15, 0.2) is 0 Å². The summed E-state index contributed by atoms with van der Waals surface area (Å²) in [5.74, 6) is 2.73. The normalized spacial score (nSPS) is 18.2. The first-order chi connectivity index (χ1) is 7.68. The fourth-order valence-electron chi connectivity index (χ4n) is 2.40. The highest BCUT2D eigenvalue weighted by molar-refractivity contribution is 5.02. The predicted octanol–water partition coefficient (Wildman–Crippen LogP) is 2.05. The first-order valence-electron chi connectivity index (χ1n) is 6.36. The molecule has 1 aromatic rings. The molecular formula is C12H22N4. The molecule has 1 aliphatic heterocycles. The third kappa shape index (κ3) is 2.43. The van der Waals surface area contributed by atoms with Crippen molar-refractivity contribution >= 4 is 0 Å². The van der Waals surface area contributed by atoms with E-state index in [0.29, 0.717) is 5.92 Å². The number of nitrogens with zero attached hydrogens (tertiary/aromatic N) is 3. The zero-order valence-electron chi connectivity index (χ0n) is 10.3. The lowest BCUT2D eigenvalue weighted by Gasteiger charge is -2.15. The maximum absolute atomic E-state index is 6.19. The third-order valence-corrected chi connectivity index (χ3v) is 3.20. The van der Waals surface area contributed by atoms with Gasteiger partial charge in [0.05, 0.1) is 6.04 Å². The van der Waals surface area contributed by atoms with Crippen LogP contribution >= 0.6 is 0 Å². The summed E-state index contributed by atoms with van der Waals surface area (Å²) in [7, 11) is 0. The molecule has 0 radical (unpaired) electrons. The Morgan fingerprint density at radius 3 is 2.81 bits per heavy atom. The van der Waals surface area contributed by atoms with E-state index in [4.69, 9.17) is 5.73 Å². The molecule has 0 fully saturated rings. The predicted molar refractivity (Wildman–Crippen MR) is 64.0 cm³/mol. The molecule has 16 heavy (non-hydrogen) atoms. The number of aromatic nitrogens is 3. The van der Waals surface area contributed by atoms with Gasteiger partial charge in [0.2, 0.25) is 0 Å². The van der Waals surface area contributed by atoms with Crippen LogP contribution in [0.1, 0.15) is 57.2 Å². The molecular weight excluding hydrogens is 200 g/mol. The molecule has 2 rings (SSSR count). The maximum atomic E-state index is 6.19. The standard InChI is InChI=1S/C12H22N4/c1-9(2)8-10(13)12-15-14-11-6-4-3-5-7-16(11)12/h9-10H,3-8,13H2,1-2H3. The van der Waals surface area contributed by atoms with Crippen molar-refractivity contribution < 1.29 is 0 Å². The zero-order chi connectivity index (χ0) is 11.5. The van der Waals surface area contributed by atoms with E-state index in [1.165, 1.54) is 19.3 Å². The SMILES string of the molecule is CC(C)CC(N)c1nnc2n1CCCCC2. The van der Waals surface area contributed by atoms with E-state index < -0.39 is 0 Å². The van der Waals surface area contributed by atoms with Gasteiger partial charge >= 0.3 is 0 Å². The van der Waals surface area contributed by atoms with Gasteiger partial charge in [-0.3, -0.25) is 0 Å². The number of aryl methyl sites for hydroxylation is 1. The molecule has 90 valence electrons. The van der Waals surface area contributed by atoms with Crippen LogP contribution in [0, 0.1) is 5.92 Å². The van der Waals surface area contributed by atoms with Crippen molar-refractivity contribution in [1.29, 1.82) is 0 Å². The minimum atomic E-state index is 0.0411. The molecule has 0 saturated heterocycles. The molecule has 2 heterocycles. The van der Waals surface area contributed by atoms with Crippen molar-refractivity contribution in [1.82, 2.24) is 14.8 Å². The number of nitrogens with two attached hydrogens (primary N) is 1. The summed E-state index contributed by atoms with van der Waals surface area (Å²) in [4.78, 5) is 0. The molecule has 1 unspecified atom stereocenters. The molecule has 0 amide bonds. The Hall–Kier alpha value is -0.900. The molecule has 1 aromatic heterocycles. The zero-order valence-corrected chi connectivity index (χ0v) is 10.3. The van der Waals surface area contributed by atoms with Gasteiger partial charge in [-0.1, -0.05) is 20.3 Å². The Bertz CT molecular complexity index is 343. The van der Waals surface area contributed by atoms with E-state index in [-0.39, 0.29) is 6.04 Å². The van der Waals surface area contributed by atoms with Gasteiger partial charge in [-0.05, 0) is 25.2 Å². The number of rotatable bonds is 3. The summed E-state index contributed by atoms with van der Waals surface area (Å²) in [5, 5.41) is 8.56. The minimum absolute atomic E-state index is 0.0411. The lowest BCUT2D eigenvalue weighted by Crippen LogP contribution is -2.19. The van der Waals surface area contributed by atoms with Gasteiger partial charge in [0, 0.05) is 13.0 Å². The van der Waals surface area contributed by atoms with E-state index >= 15 is 0 Å². The van der Waals surface area contributed by atoms with Crippen LogP contribution in [0.4, 0.5) is 0 Å². The van der Waals surface area contributed by atoms with E-state index in [2.05, 4.69) is 28.6 Å². The first kappa shape index (κ1) is 11.6. The van der Waals surface area contributed by atoms with Crippen LogP contribution in [0.3, 0.4) is 0 Å². The van der Waals surface area contributed by atoms with Crippen molar-refractivity contribution in [3.8, 4) is 0 Å². The van der Waals surface area contributed by atoms with E-state index in [1.807, 2.05) is 0 Å². The Balaban J connectivity index is 2.18. The number of fused-ring (bicyclic) bond motifs is 1. The number of hydrogen-bond donors (Lipinski definition) is 1. The first-order valence-corrected chi connectivity index (χ1v) is 6.36. The molecule has 0 aromatic carbocycles. The lowest BCUT2D eigenvalue weighted by molar-refractivity contribution is 0.469. The van der Waals surface area contributed by atoms with Gasteiger partial charge in [-0.2, -0.15) is 0 Å². The molecule has 4 heteroatoms. The van der Waals surface area contributed by atoms with Gasteiger partial charge in [-0.25, -0.2) is 0 Å². The minimum Gasteiger partial charge on any atom is -0.321 e. The lowest BCUT2D eigenvalue weighted by atomic mass is 10.0. The summed E-state index contributed by atoms with van der Waals surface area (Å²) in [6.07, 6.45) is 5.80. The Kier molecular flexibility index (Phi) is 3.59. The summed E-state index contributed by atoms with van der Waals surface area (Å²) in [6.45, 7) is 5.43. The Morgan fingerprint density at radius 1 is 1.25 bits per heavy atom. The van der Waals surface area contributed by atoms with Gasteiger partial charge < -0.3 is 10.3 Å². The van der Waals surface area contributed by atoms with Crippen LogP contribution in [-0.4, -0.2) is 14.8 Å². The second-order valence-corrected chi connectivity index (χ2v) is 5.17. The summed E-state index contributed by atoms with van der Waals surface area (Å²) in [5.41, 5.74) is 6.19. The van der Waals surface area contributed by atoms with Crippen molar-refractivity contribution in [2.75, 3.05) is 0 Å². The molecule has 0 aliphatic carbocycles. The second kappa shape index (κ2) is 4.95. The molecule has 0 saturated carbocycles. The average Bonchev–Trinajstić information content (AvgIpc) is 2.47. The second-order valence-electron chi connectivity index (χ2n) is 5.17. The van der Waals surface area contributed by atoms with Crippen molar-refractivity contribution in [2.24, 2.45) is 11.7 Å². The quantitative estimate of drug-likeness (QED) is 0.851. The maximum Gasteiger partial charge on any atom is 0.149 e. The van der Waals surface area contributed by atoms with Crippen LogP contribution in [-0.2, 0) is 13.0 Å². The smallest absolute Gasteiger partial charge is 0.149 e. The molecule has 1 atom stereocenters. The Morgan fingerprint density at radius 2 is 2.06 bits per heavy atom. The highest BCUT2D eigenvalue weighted by atomic mass is 15.3.